The molecule has 32 heavy (non-hydrogen) atoms. The average molecular weight is 435 g/mol. The van der Waals surface area contributed by atoms with Crippen molar-refractivity contribution >= 4 is 11.7 Å². The first-order valence-corrected chi connectivity index (χ1v) is 11.8. The minimum absolute atomic E-state index is 0.0746. The number of nitriles is 1. The molecule has 1 aliphatic carbocycles. The number of nitrogens with one attached hydrogen (secondary N) is 2. The number of ether oxygens (including phenoxy) is 1. The first kappa shape index (κ1) is 22.6. The molecule has 1 amide bonds. The zero-order valence-electron chi connectivity index (χ0n) is 19.5. The van der Waals surface area contributed by atoms with Crippen molar-refractivity contribution in [3.63, 3.8) is 0 Å². The summed E-state index contributed by atoms with van der Waals surface area (Å²) in [6, 6.07) is 9.06. The van der Waals surface area contributed by atoms with Gasteiger partial charge >= 0.3 is 0 Å². The lowest BCUT2D eigenvalue weighted by Crippen LogP contribution is -2.31. The molecule has 0 bridgehead atoms. The predicted octanol–water partition coefficient (Wildman–Crippen LogP) is 4.32. The van der Waals surface area contributed by atoms with Crippen molar-refractivity contribution in [2.45, 2.75) is 78.0 Å². The van der Waals surface area contributed by atoms with Gasteiger partial charge in [-0.05, 0) is 81.5 Å². The number of nitrogens with zero attached hydrogens (tertiary/aromatic N) is 2. The molecule has 2 heterocycles. The van der Waals surface area contributed by atoms with E-state index in [1.165, 1.54) is 36.0 Å². The lowest BCUT2D eigenvalue weighted by atomic mass is 9.89. The summed E-state index contributed by atoms with van der Waals surface area (Å²) in [6.07, 6.45) is 7.04. The standard InChI is InChI=1S/C26H34N4O2/c1-17-19(3)30(16-23-9-6-12-32-23)26(24(17)14-27)29-25(31)15-28-18(2)21-11-10-20-7-4-5-8-22(20)13-21/h10-11,13,18,23,28H,4-9,12,15-16H2,1-3H3,(H,29,31)/t18-,23+/m0/s1. The van der Waals surface area contributed by atoms with Gasteiger partial charge in [-0.25, -0.2) is 0 Å². The van der Waals surface area contributed by atoms with Gasteiger partial charge in [0.15, 0.2) is 0 Å². The Balaban J connectivity index is 1.42. The van der Waals surface area contributed by atoms with Gasteiger partial charge in [0.05, 0.1) is 24.8 Å². The van der Waals surface area contributed by atoms with Gasteiger partial charge in [-0.2, -0.15) is 5.26 Å². The van der Waals surface area contributed by atoms with E-state index < -0.39 is 0 Å². The first-order chi connectivity index (χ1) is 15.5. The third-order valence-electron chi connectivity index (χ3n) is 7.05. The monoisotopic (exact) mass is 434 g/mol. The minimum Gasteiger partial charge on any atom is -0.376 e. The summed E-state index contributed by atoms with van der Waals surface area (Å²) in [5.74, 6) is 0.448. The van der Waals surface area contributed by atoms with Crippen molar-refractivity contribution < 1.29 is 9.53 Å². The molecule has 1 saturated heterocycles. The molecule has 2 atom stereocenters. The summed E-state index contributed by atoms with van der Waals surface area (Å²) in [7, 11) is 0. The van der Waals surface area contributed by atoms with Gasteiger partial charge in [0.25, 0.3) is 0 Å². The van der Waals surface area contributed by atoms with Crippen molar-refractivity contribution in [2.75, 3.05) is 18.5 Å². The number of hydrogen-bond donors (Lipinski definition) is 2. The number of carbonyl (C=O) groups excluding carboxylic acids is 1. The molecular weight excluding hydrogens is 400 g/mol. The van der Waals surface area contributed by atoms with E-state index in [2.05, 4.69) is 41.8 Å². The highest BCUT2D eigenvalue weighted by molar-refractivity contribution is 5.93. The van der Waals surface area contributed by atoms with Crippen molar-refractivity contribution in [3.8, 4) is 6.07 Å². The van der Waals surface area contributed by atoms with Crippen molar-refractivity contribution in [1.29, 1.82) is 5.26 Å². The Morgan fingerprint density at radius 1 is 1.25 bits per heavy atom. The largest absolute Gasteiger partial charge is 0.376 e. The van der Waals surface area contributed by atoms with Crippen molar-refractivity contribution in [1.82, 2.24) is 9.88 Å². The Hall–Kier alpha value is -2.62. The quantitative estimate of drug-likeness (QED) is 0.680. The van der Waals surface area contributed by atoms with E-state index in [4.69, 9.17) is 4.74 Å². The molecule has 1 aromatic carbocycles. The normalized spacial score (nSPS) is 18.8. The summed E-state index contributed by atoms with van der Waals surface area (Å²) in [6.45, 7) is 7.65. The Labute approximate surface area is 191 Å². The van der Waals surface area contributed by atoms with Crippen LogP contribution in [0.1, 0.15) is 72.2 Å². The summed E-state index contributed by atoms with van der Waals surface area (Å²) >= 11 is 0. The zero-order chi connectivity index (χ0) is 22.7. The van der Waals surface area contributed by atoms with Crippen molar-refractivity contribution in [2.24, 2.45) is 0 Å². The van der Waals surface area contributed by atoms with E-state index in [0.717, 1.165) is 37.1 Å². The highest BCUT2D eigenvalue weighted by atomic mass is 16.5. The number of benzene rings is 1. The third-order valence-corrected chi connectivity index (χ3v) is 7.05. The average Bonchev–Trinajstić information content (AvgIpc) is 3.40. The van der Waals surface area contributed by atoms with Crippen LogP contribution in [0.15, 0.2) is 18.2 Å². The molecule has 0 spiro atoms. The molecule has 1 aliphatic heterocycles. The second kappa shape index (κ2) is 9.89. The lowest BCUT2D eigenvalue weighted by molar-refractivity contribution is -0.115. The van der Waals surface area contributed by atoms with E-state index in [0.29, 0.717) is 17.9 Å². The number of hydrogen-bond acceptors (Lipinski definition) is 4. The van der Waals surface area contributed by atoms with Crippen LogP contribution in [0.3, 0.4) is 0 Å². The summed E-state index contributed by atoms with van der Waals surface area (Å²) < 4.78 is 7.83. The second-order valence-corrected chi connectivity index (χ2v) is 9.18. The Kier molecular flexibility index (Phi) is 6.98. The molecule has 2 aromatic rings. The number of anilines is 1. The van der Waals surface area contributed by atoms with E-state index in [-0.39, 0.29) is 24.6 Å². The van der Waals surface area contributed by atoms with Gasteiger partial charge in [0.1, 0.15) is 11.9 Å². The molecule has 4 rings (SSSR count). The van der Waals surface area contributed by atoms with Gasteiger partial charge in [-0.3, -0.25) is 4.79 Å². The minimum atomic E-state index is -0.141. The molecule has 0 saturated carbocycles. The van der Waals surface area contributed by atoms with Crippen LogP contribution in [0.5, 0.6) is 0 Å². The number of amides is 1. The fourth-order valence-electron chi connectivity index (χ4n) is 4.91. The molecule has 2 aliphatic rings. The Morgan fingerprint density at radius 2 is 2.03 bits per heavy atom. The van der Waals surface area contributed by atoms with E-state index in [9.17, 15) is 10.1 Å². The highest BCUT2D eigenvalue weighted by Crippen LogP contribution is 2.29. The maximum Gasteiger partial charge on any atom is 0.239 e. The van der Waals surface area contributed by atoms with Crippen LogP contribution in [0.2, 0.25) is 0 Å². The number of aromatic nitrogens is 1. The number of fused-ring (bicyclic) bond motifs is 1. The van der Waals surface area contributed by atoms with Crippen LogP contribution in [-0.4, -0.2) is 29.7 Å². The molecule has 2 N–H and O–H groups in total. The van der Waals surface area contributed by atoms with E-state index >= 15 is 0 Å². The van der Waals surface area contributed by atoms with Crippen LogP contribution < -0.4 is 10.6 Å². The van der Waals surface area contributed by atoms with Gasteiger partial charge in [-0.15, -0.1) is 0 Å². The molecule has 6 heteroatoms. The van der Waals surface area contributed by atoms with Gasteiger partial charge in [0.2, 0.25) is 5.91 Å². The molecule has 0 radical (unpaired) electrons. The van der Waals surface area contributed by atoms with Crippen LogP contribution in [0, 0.1) is 25.2 Å². The SMILES string of the molecule is Cc1c(C#N)c(NC(=O)CN[C@@H](C)c2ccc3c(c2)CCCC3)n(C[C@H]2CCCO2)c1C. The van der Waals surface area contributed by atoms with Crippen LogP contribution in [0.4, 0.5) is 5.82 Å². The van der Waals surface area contributed by atoms with Gasteiger partial charge in [0, 0.05) is 18.3 Å². The number of rotatable bonds is 7. The summed E-state index contributed by atoms with van der Waals surface area (Å²) in [4.78, 5) is 12.8. The fourth-order valence-corrected chi connectivity index (χ4v) is 4.91. The zero-order valence-corrected chi connectivity index (χ0v) is 19.5. The van der Waals surface area contributed by atoms with E-state index in [1.807, 2.05) is 18.4 Å². The fraction of sp³-hybridized carbons (Fsp3) is 0.538. The van der Waals surface area contributed by atoms with Gasteiger partial charge in [-0.1, -0.05) is 18.2 Å². The van der Waals surface area contributed by atoms with Gasteiger partial charge < -0.3 is 19.9 Å². The second-order valence-electron chi connectivity index (χ2n) is 9.18. The maximum absolute atomic E-state index is 12.8. The molecule has 6 nitrogen and oxygen atoms in total. The summed E-state index contributed by atoms with van der Waals surface area (Å²) in [5.41, 5.74) is 6.58. The maximum atomic E-state index is 12.8. The van der Waals surface area contributed by atoms with Crippen LogP contribution in [0.25, 0.3) is 0 Å². The summed E-state index contributed by atoms with van der Waals surface area (Å²) in [5, 5.41) is 16.1. The molecule has 1 fully saturated rings. The third kappa shape index (κ3) is 4.74. The van der Waals surface area contributed by atoms with Crippen LogP contribution in [-0.2, 0) is 28.9 Å². The predicted molar refractivity (Wildman–Crippen MR) is 126 cm³/mol. The first-order valence-electron chi connectivity index (χ1n) is 11.8. The Bertz CT molecular complexity index is 1030. The Morgan fingerprint density at radius 3 is 2.75 bits per heavy atom. The number of aryl methyl sites for hydroxylation is 2. The molecular formula is C26H34N4O2. The molecule has 170 valence electrons. The van der Waals surface area contributed by atoms with E-state index in [1.54, 1.807) is 0 Å². The topological polar surface area (TPSA) is 79.1 Å². The lowest BCUT2D eigenvalue weighted by Gasteiger charge is -2.20. The number of carbonyl (C=O) groups is 1. The highest BCUT2D eigenvalue weighted by Gasteiger charge is 2.24. The molecule has 1 aromatic heterocycles. The van der Waals surface area contributed by atoms with Crippen molar-refractivity contribution in [3.05, 3.63) is 51.7 Å². The smallest absolute Gasteiger partial charge is 0.239 e. The van der Waals surface area contributed by atoms with Crippen LogP contribution >= 0.6 is 0 Å². The molecule has 0 unspecified atom stereocenters.